The lowest BCUT2D eigenvalue weighted by Gasteiger charge is -2.21. The molecule has 0 saturated carbocycles. The molecule has 0 bridgehead atoms. The second kappa shape index (κ2) is 10.7. The molecule has 2 heterocycles. The van der Waals surface area contributed by atoms with Gasteiger partial charge >= 0.3 is 0 Å². The summed E-state index contributed by atoms with van der Waals surface area (Å²) in [5.41, 5.74) is 1.38. The molecule has 0 amide bonds. The average Bonchev–Trinajstić information content (AvgIpc) is 3.21. The summed E-state index contributed by atoms with van der Waals surface area (Å²) in [4.78, 5) is 13.2. The van der Waals surface area contributed by atoms with Gasteiger partial charge in [0.25, 0.3) is 0 Å². The number of halogens is 1. The van der Waals surface area contributed by atoms with Crippen molar-refractivity contribution in [3.63, 3.8) is 0 Å². The summed E-state index contributed by atoms with van der Waals surface area (Å²) >= 11 is 1.94. The molecule has 0 spiro atoms. The minimum absolute atomic E-state index is 0. The van der Waals surface area contributed by atoms with Gasteiger partial charge in [0, 0.05) is 51.0 Å². The maximum atomic E-state index is 5.28. The molecule has 1 aromatic heterocycles. The first kappa shape index (κ1) is 20.9. The number of methoxy groups -OCH3 is 1. The largest absolute Gasteiger partial charge is 0.384 e. The molecule has 142 valence electrons. The quantitative estimate of drug-likeness (QED) is 0.296. The lowest BCUT2D eigenvalue weighted by Crippen LogP contribution is -2.40. The van der Waals surface area contributed by atoms with Gasteiger partial charge < -0.3 is 15.0 Å². The van der Waals surface area contributed by atoms with Gasteiger partial charge in [-0.05, 0) is 38.5 Å². The van der Waals surface area contributed by atoms with E-state index in [-0.39, 0.29) is 24.0 Å². The van der Waals surface area contributed by atoms with Crippen molar-refractivity contribution in [2.24, 2.45) is 10.9 Å². The molecule has 1 fully saturated rings. The molecule has 1 aromatic rings. The smallest absolute Gasteiger partial charge is 0.193 e. The number of aryl methyl sites for hydroxylation is 3. The van der Waals surface area contributed by atoms with E-state index in [2.05, 4.69) is 15.2 Å². The molecule has 1 aliphatic carbocycles. The number of nitrogens with one attached hydrogen (secondary N) is 1. The first-order valence-corrected chi connectivity index (χ1v) is 10.0. The Labute approximate surface area is 172 Å². The number of thiazole rings is 1. The fraction of sp³-hybridized carbons (Fsp3) is 0.778. The molecule has 1 saturated heterocycles. The molecule has 0 radical (unpaired) electrons. The molecule has 1 unspecified atom stereocenters. The van der Waals surface area contributed by atoms with Crippen LogP contribution in [0.3, 0.4) is 0 Å². The van der Waals surface area contributed by atoms with E-state index in [0.717, 1.165) is 45.0 Å². The second-order valence-corrected chi connectivity index (χ2v) is 7.99. The number of hydrogen-bond acceptors (Lipinski definition) is 4. The van der Waals surface area contributed by atoms with E-state index >= 15 is 0 Å². The van der Waals surface area contributed by atoms with Crippen molar-refractivity contribution in [2.45, 2.75) is 44.9 Å². The summed E-state index contributed by atoms with van der Waals surface area (Å²) < 4.78 is 5.28. The topological polar surface area (TPSA) is 49.8 Å². The van der Waals surface area contributed by atoms with Crippen molar-refractivity contribution in [1.29, 1.82) is 0 Å². The Bertz CT molecular complexity index is 540. The van der Waals surface area contributed by atoms with E-state index in [0.29, 0.717) is 5.92 Å². The second-order valence-electron chi connectivity index (χ2n) is 6.82. The van der Waals surface area contributed by atoms with E-state index in [1.807, 2.05) is 18.4 Å². The van der Waals surface area contributed by atoms with Gasteiger partial charge in [-0.25, -0.2) is 4.98 Å². The minimum atomic E-state index is 0. The zero-order valence-electron chi connectivity index (χ0n) is 15.4. The first-order chi connectivity index (χ1) is 11.8. The van der Waals surface area contributed by atoms with Crippen LogP contribution in [0.4, 0.5) is 0 Å². The summed E-state index contributed by atoms with van der Waals surface area (Å²) in [6, 6.07) is 0. The standard InChI is InChI=1S/C18H30N4OS.HI/c1-19-18(22-11-9-14(12-22)13-23-2)20-10-5-8-17-21-15-6-3-4-7-16(15)24-17;/h14H,3-13H2,1-2H3,(H,19,20);1H. The third kappa shape index (κ3) is 5.79. The lowest BCUT2D eigenvalue weighted by molar-refractivity contribution is 0.157. The maximum Gasteiger partial charge on any atom is 0.193 e. The van der Waals surface area contributed by atoms with Gasteiger partial charge in [0.2, 0.25) is 0 Å². The van der Waals surface area contributed by atoms with Crippen LogP contribution in [0.5, 0.6) is 0 Å². The molecule has 2 aliphatic rings. The van der Waals surface area contributed by atoms with Gasteiger partial charge in [0.15, 0.2) is 5.96 Å². The van der Waals surface area contributed by atoms with Crippen LogP contribution in [0, 0.1) is 5.92 Å². The molecular weight excluding hydrogens is 447 g/mol. The first-order valence-electron chi connectivity index (χ1n) is 9.22. The molecular formula is C18H31IN4OS. The van der Waals surface area contributed by atoms with Gasteiger partial charge in [0.1, 0.15) is 0 Å². The normalized spacial score (nSPS) is 20.3. The number of rotatable bonds is 6. The van der Waals surface area contributed by atoms with Gasteiger partial charge in [-0.2, -0.15) is 0 Å². The average molecular weight is 478 g/mol. The van der Waals surface area contributed by atoms with Crippen molar-refractivity contribution in [1.82, 2.24) is 15.2 Å². The molecule has 1 aliphatic heterocycles. The number of nitrogens with zero attached hydrogens (tertiary/aromatic N) is 3. The van der Waals surface area contributed by atoms with Crippen LogP contribution in [-0.4, -0.2) is 56.2 Å². The number of hydrogen-bond donors (Lipinski definition) is 1. The SMILES string of the molecule is CN=C(NCCCc1nc2c(s1)CCCC2)N1CCC(COC)C1.I. The van der Waals surface area contributed by atoms with Crippen molar-refractivity contribution in [3.05, 3.63) is 15.6 Å². The van der Waals surface area contributed by atoms with Gasteiger partial charge in [0.05, 0.1) is 17.3 Å². The summed E-state index contributed by atoms with van der Waals surface area (Å²) in [7, 11) is 3.66. The zero-order valence-corrected chi connectivity index (χ0v) is 18.6. The molecule has 3 rings (SSSR count). The van der Waals surface area contributed by atoms with Crippen molar-refractivity contribution in [3.8, 4) is 0 Å². The lowest BCUT2D eigenvalue weighted by atomic mass is 10.0. The Morgan fingerprint density at radius 3 is 3.00 bits per heavy atom. The number of fused-ring (bicyclic) bond motifs is 1. The van der Waals surface area contributed by atoms with Crippen molar-refractivity contribution >= 4 is 41.3 Å². The Morgan fingerprint density at radius 2 is 2.24 bits per heavy atom. The number of ether oxygens (including phenoxy) is 1. The number of guanidine groups is 1. The van der Waals surface area contributed by atoms with Crippen LogP contribution in [-0.2, 0) is 24.0 Å². The van der Waals surface area contributed by atoms with E-state index in [4.69, 9.17) is 9.72 Å². The van der Waals surface area contributed by atoms with Crippen LogP contribution in [0.1, 0.15) is 41.3 Å². The number of aromatic nitrogens is 1. The minimum Gasteiger partial charge on any atom is -0.384 e. The van der Waals surface area contributed by atoms with Gasteiger partial charge in [-0.1, -0.05) is 0 Å². The van der Waals surface area contributed by atoms with Crippen molar-refractivity contribution in [2.75, 3.05) is 40.4 Å². The summed E-state index contributed by atoms with van der Waals surface area (Å²) in [5, 5.41) is 4.84. The van der Waals surface area contributed by atoms with Crippen LogP contribution in [0.2, 0.25) is 0 Å². The zero-order chi connectivity index (χ0) is 16.8. The Hall–Kier alpha value is -0.410. The fourth-order valence-electron chi connectivity index (χ4n) is 3.68. The monoisotopic (exact) mass is 478 g/mol. The van der Waals surface area contributed by atoms with Crippen LogP contribution in [0.15, 0.2) is 4.99 Å². The van der Waals surface area contributed by atoms with Crippen LogP contribution >= 0.6 is 35.3 Å². The predicted molar refractivity (Wildman–Crippen MR) is 115 cm³/mol. The summed E-state index contributed by atoms with van der Waals surface area (Å²) in [6.45, 7) is 3.93. The summed E-state index contributed by atoms with van der Waals surface area (Å²) in [5.74, 6) is 1.67. The Kier molecular flexibility index (Phi) is 8.92. The Balaban J connectivity index is 0.00000225. The predicted octanol–water partition coefficient (Wildman–Crippen LogP) is 3.12. The highest BCUT2D eigenvalue weighted by Gasteiger charge is 2.24. The molecule has 1 atom stereocenters. The third-order valence-corrected chi connectivity index (χ3v) is 6.16. The fourth-order valence-corrected chi connectivity index (χ4v) is 4.88. The van der Waals surface area contributed by atoms with Crippen LogP contribution in [0.25, 0.3) is 0 Å². The van der Waals surface area contributed by atoms with E-state index in [1.54, 1.807) is 12.0 Å². The maximum absolute atomic E-state index is 5.28. The molecule has 7 heteroatoms. The van der Waals surface area contributed by atoms with E-state index in [9.17, 15) is 0 Å². The van der Waals surface area contributed by atoms with Crippen LogP contribution < -0.4 is 5.32 Å². The molecule has 5 nitrogen and oxygen atoms in total. The molecule has 1 N–H and O–H groups in total. The van der Waals surface area contributed by atoms with Gasteiger partial charge in [-0.3, -0.25) is 4.99 Å². The highest BCUT2D eigenvalue weighted by atomic mass is 127. The third-order valence-electron chi connectivity index (χ3n) is 4.94. The Morgan fingerprint density at radius 1 is 1.40 bits per heavy atom. The van der Waals surface area contributed by atoms with E-state index in [1.165, 1.54) is 42.8 Å². The highest BCUT2D eigenvalue weighted by molar-refractivity contribution is 14.0. The molecule has 25 heavy (non-hydrogen) atoms. The number of aliphatic imine (C=N–C) groups is 1. The highest BCUT2D eigenvalue weighted by Crippen LogP contribution is 2.27. The summed E-state index contributed by atoms with van der Waals surface area (Å²) in [6.07, 6.45) is 8.47. The molecule has 0 aromatic carbocycles. The number of likely N-dealkylation sites (tertiary alicyclic amines) is 1. The van der Waals surface area contributed by atoms with Gasteiger partial charge in [-0.15, -0.1) is 35.3 Å². The van der Waals surface area contributed by atoms with Crippen molar-refractivity contribution < 1.29 is 4.74 Å². The van der Waals surface area contributed by atoms with E-state index < -0.39 is 0 Å².